The van der Waals surface area contributed by atoms with Crippen molar-refractivity contribution >= 4 is 0 Å². The lowest BCUT2D eigenvalue weighted by molar-refractivity contribution is 0.0596. The van der Waals surface area contributed by atoms with Gasteiger partial charge in [0, 0.05) is 12.5 Å². The first kappa shape index (κ1) is 24.7. The summed E-state index contributed by atoms with van der Waals surface area (Å²) in [4.78, 5) is 0. The van der Waals surface area contributed by atoms with Gasteiger partial charge in [0.2, 0.25) is 0 Å². The number of hydrogen-bond acceptors (Lipinski definition) is 3. The highest BCUT2D eigenvalue weighted by atomic mass is 16.3. The first-order valence-electron chi connectivity index (χ1n) is 12.6. The lowest BCUT2D eigenvalue weighted by Gasteiger charge is -2.44. The van der Waals surface area contributed by atoms with E-state index >= 15 is 0 Å². The molecule has 3 fully saturated rings. The van der Waals surface area contributed by atoms with E-state index in [0.717, 1.165) is 30.8 Å². The van der Waals surface area contributed by atoms with Crippen molar-refractivity contribution in [1.82, 2.24) is 0 Å². The van der Waals surface area contributed by atoms with Crippen molar-refractivity contribution in [3.63, 3.8) is 0 Å². The summed E-state index contributed by atoms with van der Waals surface area (Å²) in [6.07, 6.45) is 15.2. The highest BCUT2D eigenvalue weighted by Gasteiger charge is 2.50. The van der Waals surface area contributed by atoms with Crippen molar-refractivity contribution in [2.75, 3.05) is 6.61 Å². The second-order valence-electron chi connectivity index (χ2n) is 11.7. The predicted octanol–water partition coefficient (Wildman–Crippen LogP) is 5.95. The van der Waals surface area contributed by atoms with Gasteiger partial charge in [-0.1, -0.05) is 56.6 Å². The maximum atomic E-state index is 10.3. The summed E-state index contributed by atoms with van der Waals surface area (Å²) in [5, 5.41) is 30.0. The van der Waals surface area contributed by atoms with Gasteiger partial charge >= 0.3 is 0 Å². The third-order valence-corrected chi connectivity index (χ3v) is 8.84. The average molecular weight is 431 g/mol. The smallest absolute Gasteiger partial charge is 0.0788 e. The molecule has 0 spiro atoms. The van der Waals surface area contributed by atoms with E-state index in [4.69, 9.17) is 0 Å². The molecule has 0 unspecified atom stereocenters. The quantitative estimate of drug-likeness (QED) is 0.437. The maximum absolute atomic E-state index is 10.3. The fourth-order valence-corrected chi connectivity index (χ4v) is 7.00. The van der Waals surface area contributed by atoms with Crippen LogP contribution in [-0.4, -0.2) is 33.6 Å². The van der Waals surface area contributed by atoms with Crippen LogP contribution in [0.1, 0.15) is 91.9 Å². The van der Waals surface area contributed by atoms with Crippen LogP contribution in [0.5, 0.6) is 0 Å². The van der Waals surface area contributed by atoms with E-state index in [2.05, 4.69) is 32.6 Å². The van der Waals surface area contributed by atoms with E-state index in [1.165, 1.54) is 44.1 Å². The fraction of sp³-hybridized carbons (Fsp3) is 0.786. The molecule has 3 rings (SSSR count). The van der Waals surface area contributed by atoms with Gasteiger partial charge in [-0.15, -0.1) is 0 Å². The Balaban J connectivity index is 1.68. The molecule has 31 heavy (non-hydrogen) atoms. The third-order valence-electron chi connectivity index (χ3n) is 8.84. The predicted molar refractivity (Wildman–Crippen MR) is 129 cm³/mol. The topological polar surface area (TPSA) is 60.7 Å². The van der Waals surface area contributed by atoms with Gasteiger partial charge in [0.25, 0.3) is 0 Å². The number of rotatable bonds is 7. The molecule has 0 amide bonds. The van der Waals surface area contributed by atoms with Crippen LogP contribution in [0.2, 0.25) is 0 Å². The van der Waals surface area contributed by atoms with Gasteiger partial charge in [0.15, 0.2) is 0 Å². The van der Waals surface area contributed by atoms with Crippen LogP contribution in [0.25, 0.3) is 0 Å². The van der Waals surface area contributed by atoms with E-state index in [1.54, 1.807) is 5.57 Å². The molecule has 3 saturated carbocycles. The molecule has 0 aromatic heterocycles. The summed E-state index contributed by atoms with van der Waals surface area (Å²) in [6, 6.07) is 0. The summed E-state index contributed by atoms with van der Waals surface area (Å²) < 4.78 is 0. The Morgan fingerprint density at radius 3 is 2.65 bits per heavy atom. The molecule has 0 heterocycles. The van der Waals surface area contributed by atoms with Gasteiger partial charge in [-0.25, -0.2) is 0 Å². The lowest BCUT2D eigenvalue weighted by atomic mass is 9.60. The Hall–Kier alpha value is -0.900. The molecule has 3 nitrogen and oxygen atoms in total. The van der Waals surface area contributed by atoms with Crippen LogP contribution in [-0.2, 0) is 0 Å². The number of aliphatic hydroxyl groups excluding tert-OH is 2. The number of fused-ring (bicyclic) bond motifs is 1. The first-order valence-corrected chi connectivity index (χ1v) is 12.6. The summed E-state index contributed by atoms with van der Waals surface area (Å²) in [5.74, 6) is 2.15. The number of hydrogen-bond donors (Lipinski definition) is 3. The zero-order valence-corrected chi connectivity index (χ0v) is 20.4. The molecule has 0 aromatic carbocycles. The van der Waals surface area contributed by atoms with E-state index in [0.29, 0.717) is 23.7 Å². The molecule has 0 saturated heterocycles. The Labute approximate surface area is 190 Å². The highest BCUT2D eigenvalue weighted by Crippen LogP contribution is 2.60. The molecule has 0 aromatic rings. The molecule has 6 atom stereocenters. The molecular weight excluding hydrogens is 384 g/mol. The molecular formula is C28H46O3. The van der Waals surface area contributed by atoms with Gasteiger partial charge in [-0.2, -0.15) is 0 Å². The summed E-state index contributed by atoms with van der Waals surface area (Å²) >= 11 is 0. The zero-order valence-electron chi connectivity index (χ0n) is 20.4. The molecule has 3 heteroatoms. The minimum absolute atomic E-state index is 0.00868. The van der Waals surface area contributed by atoms with Crippen LogP contribution in [0.4, 0.5) is 0 Å². The van der Waals surface area contributed by atoms with Crippen LogP contribution in [0, 0.1) is 29.1 Å². The van der Waals surface area contributed by atoms with Crippen LogP contribution < -0.4 is 0 Å². The largest absolute Gasteiger partial charge is 0.396 e. The molecule has 0 aliphatic heterocycles. The molecule has 176 valence electrons. The van der Waals surface area contributed by atoms with Gasteiger partial charge in [-0.3, -0.25) is 0 Å². The van der Waals surface area contributed by atoms with Crippen molar-refractivity contribution in [3.05, 3.63) is 35.5 Å². The van der Waals surface area contributed by atoms with Crippen molar-refractivity contribution < 1.29 is 15.3 Å². The lowest BCUT2D eigenvalue weighted by Crippen LogP contribution is -2.36. The monoisotopic (exact) mass is 430 g/mol. The van der Waals surface area contributed by atoms with Gasteiger partial charge in [0.05, 0.1) is 11.7 Å². The standard InChI is InChI=1S/C28H46O3/c1-19(8-6-14-27(3,4)31)24-12-13-25-22(9-7-15-28(24,25)5)11-10-21-16-23(18-29)20(2)26(30)17-21/h10-11,19,23-26,29-31H,2,6-9,12-18H2,1,3-5H3/b21-10+,22-11+/t19-,23+,24-,25+,26-,28-/m1/s1. The SMILES string of the molecule is C=C1[C@H](CO)C/C(=C\C=C2/CCC[C@]3(C)[C@@H]([C@H](C)CCCC(C)(C)O)CC[C@@H]23)C[C@H]1O. The molecule has 3 N–H and O–H groups in total. The zero-order chi connectivity index (χ0) is 22.8. The van der Waals surface area contributed by atoms with Crippen LogP contribution >= 0.6 is 0 Å². The van der Waals surface area contributed by atoms with E-state index in [-0.39, 0.29) is 12.5 Å². The van der Waals surface area contributed by atoms with Gasteiger partial charge in [0.1, 0.15) is 0 Å². The molecule has 3 aliphatic rings. The van der Waals surface area contributed by atoms with Gasteiger partial charge < -0.3 is 15.3 Å². The Morgan fingerprint density at radius 2 is 1.97 bits per heavy atom. The Kier molecular flexibility index (Phi) is 7.92. The minimum Gasteiger partial charge on any atom is -0.396 e. The second kappa shape index (κ2) is 9.93. The van der Waals surface area contributed by atoms with Crippen molar-refractivity contribution in [1.29, 1.82) is 0 Å². The van der Waals surface area contributed by atoms with Crippen molar-refractivity contribution in [2.24, 2.45) is 29.1 Å². The van der Waals surface area contributed by atoms with Crippen molar-refractivity contribution in [3.8, 4) is 0 Å². The number of aliphatic hydroxyl groups is 3. The highest BCUT2D eigenvalue weighted by molar-refractivity contribution is 5.29. The first-order chi connectivity index (χ1) is 14.5. The summed E-state index contributed by atoms with van der Waals surface area (Å²) in [6.45, 7) is 12.9. The molecule has 3 aliphatic carbocycles. The van der Waals surface area contributed by atoms with Crippen molar-refractivity contribution in [2.45, 2.75) is 104 Å². The second-order valence-corrected chi connectivity index (χ2v) is 11.7. The Bertz CT molecular complexity index is 698. The molecule has 0 bridgehead atoms. The normalized spacial score (nSPS) is 38.0. The van der Waals surface area contributed by atoms with Crippen LogP contribution in [0.3, 0.4) is 0 Å². The van der Waals surface area contributed by atoms with E-state index in [1.807, 2.05) is 13.8 Å². The van der Waals surface area contributed by atoms with Crippen LogP contribution in [0.15, 0.2) is 35.5 Å². The average Bonchev–Trinajstić information content (AvgIpc) is 3.05. The third kappa shape index (κ3) is 5.72. The maximum Gasteiger partial charge on any atom is 0.0788 e. The molecule has 0 radical (unpaired) electrons. The summed E-state index contributed by atoms with van der Waals surface area (Å²) in [7, 11) is 0. The Morgan fingerprint density at radius 1 is 1.23 bits per heavy atom. The minimum atomic E-state index is -0.551. The van der Waals surface area contributed by atoms with E-state index < -0.39 is 11.7 Å². The number of allylic oxidation sites excluding steroid dienone is 3. The van der Waals surface area contributed by atoms with E-state index in [9.17, 15) is 15.3 Å². The fourth-order valence-electron chi connectivity index (χ4n) is 7.00. The summed E-state index contributed by atoms with van der Waals surface area (Å²) in [5.41, 5.74) is 3.48. The van der Waals surface area contributed by atoms with Gasteiger partial charge in [-0.05, 0) is 94.0 Å².